The molecule has 4 heteroatoms. The van der Waals surface area contributed by atoms with Gasteiger partial charge in [0.2, 0.25) is 0 Å². The smallest absolute Gasteiger partial charge is 0.0595 e. The van der Waals surface area contributed by atoms with Gasteiger partial charge in [-0.2, -0.15) is 0 Å². The average Bonchev–Trinajstić information content (AvgIpc) is 2.29. The standard InChI is InChI=1S/C11H25N3O/c1-3-10(2)14-6-4-13(5-7-14)8-11(12)9-15/h10-11,15H,3-9,12H2,1-2H3. The average molecular weight is 215 g/mol. The predicted octanol–water partition coefficient (Wildman–Crippen LogP) is -0.278. The van der Waals surface area contributed by atoms with Crippen LogP contribution >= 0.6 is 0 Å². The van der Waals surface area contributed by atoms with Gasteiger partial charge < -0.3 is 10.8 Å². The molecule has 0 radical (unpaired) electrons. The molecule has 1 fully saturated rings. The third kappa shape index (κ3) is 4.07. The molecule has 0 aliphatic carbocycles. The summed E-state index contributed by atoms with van der Waals surface area (Å²) in [6, 6.07) is 0.610. The SMILES string of the molecule is CCC(C)N1CCN(CC(N)CO)CC1. The van der Waals surface area contributed by atoms with Gasteiger partial charge in [0.25, 0.3) is 0 Å². The Bertz CT molecular complexity index is 169. The Balaban J connectivity index is 2.23. The van der Waals surface area contributed by atoms with Crippen LogP contribution < -0.4 is 5.73 Å². The summed E-state index contributed by atoms with van der Waals surface area (Å²) in [5, 5.41) is 8.88. The van der Waals surface area contributed by atoms with Crippen LogP contribution in [0.25, 0.3) is 0 Å². The van der Waals surface area contributed by atoms with Crippen LogP contribution in [-0.4, -0.2) is 66.3 Å². The van der Waals surface area contributed by atoms with E-state index in [-0.39, 0.29) is 12.6 Å². The molecule has 4 nitrogen and oxygen atoms in total. The zero-order valence-corrected chi connectivity index (χ0v) is 10.0. The highest BCUT2D eigenvalue weighted by atomic mass is 16.3. The van der Waals surface area contributed by atoms with E-state index >= 15 is 0 Å². The normalized spacial score (nSPS) is 24.0. The van der Waals surface area contributed by atoms with Gasteiger partial charge in [0.15, 0.2) is 0 Å². The Morgan fingerprint density at radius 3 is 2.33 bits per heavy atom. The zero-order valence-electron chi connectivity index (χ0n) is 10.0. The van der Waals surface area contributed by atoms with E-state index in [1.807, 2.05) is 0 Å². The summed E-state index contributed by atoms with van der Waals surface area (Å²) in [6.07, 6.45) is 1.22. The van der Waals surface area contributed by atoms with Crippen molar-refractivity contribution >= 4 is 0 Å². The van der Waals surface area contributed by atoms with E-state index in [0.717, 1.165) is 32.7 Å². The number of hydrogen-bond acceptors (Lipinski definition) is 4. The van der Waals surface area contributed by atoms with Gasteiger partial charge >= 0.3 is 0 Å². The highest BCUT2D eigenvalue weighted by Crippen LogP contribution is 2.08. The van der Waals surface area contributed by atoms with Crippen molar-refractivity contribution in [1.82, 2.24) is 9.80 Å². The molecule has 0 amide bonds. The maximum absolute atomic E-state index is 8.88. The molecule has 1 heterocycles. The molecule has 0 bridgehead atoms. The molecule has 1 saturated heterocycles. The summed E-state index contributed by atoms with van der Waals surface area (Å²) in [6.45, 7) is 9.86. The topological polar surface area (TPSA) is 52.7 Å². The van der Waals surface area contributed by atoms with Gasteiger partial charge in [-0.1, -0.05) is 6.92 Å². The van der Waals surface area contributed by atoms with E-state index in [1.165, 1.54) is 6.42 Å². The first-order chi connectivity index (χ1) is 7.17. The van der Waals surface area contributed by atoms with E-state index in [9.17, 15) is 0 Å². The number of nitrogens with two attached hydrogens (primary N) is 1. The van der Waals surface area contributed by atoms with Crippen molar-refractivity contribution < 1.29 is 5.11 Å². The number of hydrogen-bond donors (Lipinski definition) is 2. The molecule has 3 N–H and O–H groups in total. The first-order valence-corrected chi connectivity index (χ1v) is 6.00. The maximum Gasteiger partial charge on any atom is 0.0595 e. The monoisotopic (exact) mass is 215 g/mol. The van der Waals surface area contributed by atoms with Crippen LogP contribution in [-0.2, 0) is 0 Å². The number of piperazine rings is 1. The minimum Gasteiger partial charge on any atom is -0.395 e. The molecule has 2 unspecified atom stereocenters. The summed E-state index contributed by atoms with van der Waals surface area (Å²) in [5.41, 5.74) is 5.72. The summed E-state index contributed by atoms with van der Waals surface area (Å²) in [5.74, 6) is 0. The molecule has 1 aliphatic rings. The van der Waals surface area contributed by atoms with Crippen LogP contribution in [0.4, 0.5) is 0 Å². The summed E-state index contributed by atoms with van der Waals surface area (Å²) in [4.78, 5) is 4.88. The van der Waals surface area contributed by atoms with E-state index in [4.69, 9.17) is 10.8 Å². The van der Waals surface area contributed by atoms with Gasteiger partial charge in [-0.3, -0.25) is 9.80 Å². The van der Waals surface area contributed by atoms with Gasteiger partial charge in [-0.15, -0.1) is 0 Å². The lowest BCUT2D eigenvalue weighted by Crippen LogP contribution is -2.52. The zero-order chi connectivity index (χ0) is 11.3. The summed E-state index contributed by atoms with van der Waals surface area (Å²) < 4.78 is 0. The lowest BCUT2D eigenvalue weighted by Gasteiger charge is -2.38. The first kappa shape index (κ1) is 12.9. The maximum atomic E-state index is 8.88. The van der Waals surface area contributed by atoms with Crippen LogP contribution in [0, 0.1) is 0 Å². The summed E-state index contributed by atoms with van der Waals surface area (Å²) >= 11 is 0. The number of nitrogens with zero attached hydrogens (tertiary/aromatic N) is 2. The minimum atomic E-state index is -0.0832. The fourth-order valence-corrected chi connectivity index (χ4v) is 2.03. The second-order valence-electron chi connectivity index (χ2n) is 4.54. The van der Waals surface area contributed by atoms with Crippen LogP contribution in [0.15, 0.2) is 0 Å². The fourth-order valence-electron chi connectivity index (χ4n) is 2.03. The Kier molecular flexibility index (Phi) is 5.53. The molecule has 90 valence electrons. The molecule has 1 rings (SSSR count). The Morgan fingerprint density at radius 1 is 1.27 bits per heavy atom. The molecule has 1 aliphatic heterocycles. The molecule has 15 heavy (non-hydrogen) atoms. The van der Waals surface area contributed by atoms with Gasteiger partial charge in [0, 0.05) is 44.8 Å². The van der Waals surface area contributed by atoms with Crippen molar-refractivity contribution in [3.63, 3.8) is 0 Å². The number of aliphatic hydroxyl groups excluding tert-OH is 1. The van der Waals surface area contributed by atoms with Crippen LogP contribution in [0.1, 0.15) is 20.3 Å². The second kappa shape index (κ2) is 6.43. The lowest BCUT2D eigenvalue weighted by molar-refractivity contribution is 0.0908. The third-order valence-corrected chi connectivity index (χ3v) is 3.35. The van der Waals surface area contributed by atoms with Crippen molar-refractivity contribution in [1.29, 1.82) is 0 Å². The number of aliphatic hydroxyl groups is 1. The van der Waals surface area contributed by atoms with Crippen molar-refractivity contribution in [2.24, 2.45) is 5.73 Å². The van der Waals surface area contributed by atoms with Gasteiger partial charge in [0.1, 0.15) is 0 Å². The van der Waals surface area contributed by atoms with E-state index in [1.54, 1.807) is 0 Å². The Morgan fingerprint density at radius 2 is 1.87 bits per heavy atom. The molecule has 2 atom stereocenters. The quantitative estimate of drug-likeness (QED) is 0.662. The highest BCUT2D eigenvalue weighted by molar-refractivity contribution is 4.77. The van der Waals surface area contributed by atoms with Gasteiger partial charge in [-0.05, 0) is 13.3 Å². The van der Waals surface area contributed by atoms with Crippen LogP contribution in [0.2, 0.25) is 0 Å². The molecule has 0 aromatic rings. The van der Waals surface area contributed by atoms with Crippen molar-refractivity contribution in [2.45, 2.75) is 32.4 Å². The van der Waals surface area contributed by atoms with Crippen molar-refractivity contribution in [3.8, 4) is 0 Å². The number of rotatable bonds is 5. The fraction of sp³-hybridized carbons (Fsp3) is 1.00. The largest absolute Gasteiger partial charge is 0.395 e. The lowest BCUT2D eigenvalue weighted by atomic mass is 10.2. The van der Waals surface area contributed by atoms with Crippen molar-refractivity contribution in [3.05, 3.63) is 0 Å². The van der Waals surface area contributed by atoms with Gasteiger partial charge in [0.05, 0.1) is 6.61 Å². The molecular weight excluding hydrogens is 190 g/mol. The Labute approximate surface area is 93.0 Å². The molecule has 0 spiro atoms. The van der Waals surface area contributed by atoms with Crippen LogP contribution in [0.3, 0.4) is 0 Å². The second-order valence-corrected chi connectivity index (χ2v) is 4.54. The minimum absolute atomic E-state index is 0.0832. The third-order valence-electron chi connectivity index (χ3n) is 3.35. The van der Waals surface area contributed by atoms with Gasteiger partial charge in [-0.25, -0.2) is 0 Å². The molecular formula is C11H25N3O. The first-order valence-electron chi connectivity index (χ1n) is 6.00. The van der Waals surface area contributed by atoms with Crippen molar-refractivity contribution in [2.75, 3.05) is 39.3 Å². The van der Waals surface area contributed by atoms with E-state index in [2.05, 4.69) is 23.6 Å². The Hall–Kier alpha value is -0.160. The van der Waals surface area contributed by atoms with E-state index < -0.39 is 0 Å². The predicted molar refractivity (Wildman–Crippen MR) is 62.8 cm³/mol. The molecule has 0 aromatic heterocycles. The molecule has 0 saturated carbocycles. The van der Waals surface area contributed by atoms with E-state index in [0.29, 0.717) is 6.04 Å². The summed E-state index contributed by atoms with van der Waals surface area (Å²) in [7, 11) is 0. The molecule has 0 aromatic carbocycles. The van der Waals surface area contributed by atoms with Crippen LogP contribution in [0.5, 0.6) is 0 Å². The highest BCUT2D eigenvalue weighted by Gasteiger charge is 2.20.